The highest BCUT2D eigenvalue weighted by molar-refractivity contribution is 7.71. The van der Waals surface area contributed by atoms with Crippen LogP contribution in [0.1, 0.15) is 38.1 Å². The molecular formula is C18H25N5OS. The number of nitrogens with zero attached hydrogens (tertiary/aromatic N) is 5. The molecule has 0 atom stereocenters. The minimum absolute atomic E-state index is 0.454. The molecule has 2 aromatic rings. The molecule has 2 fully saturated rings. The first-order valence-corrected chi connectivity index (χ1v) is 9.63. The number of rotatable bonds is 4. The summed E-state index contributed by atoms with van der Waals surface area (Å²) in [7, 11) is 0. The van der Waals surface area contributed by atoms with E-state index < -0.39 is 0 Å². The van der Waals surface area contributed by atoms with Gasteiger partial charge in [-0.15, -0.1) is 0 Å². The highest BCUT2D eigenvalue weighted by atomic mass is 32.1. The van der Waals surface area contributed by atoms with Gasteiger partial charge in [-0.05, 0) is 37.2 Å². The van der Waals surface area contributed by atoms with E-state index in [4.69, 9.17) is 22.1 Å². The fourth-order valence-electron chi connectivity index (χ4n) is 3.80. The van der Waals surface area contributed by atoms with Crippen LogP contribution in [0.15, 0.2) is 24.5 Å². The Bertz CT molecular complexity index is 745. The van der Waals surface area contributed by atoms with Crippen molar-refractivity contribution >= 4 is 12.2 Å². The van der Waals surface area contributed by atoms with Crippen molar-refractivity contribution < 1.29 is 4.74 Å². The predicted octanol–water partition coefficient (Wildman–Crippen LogP) is 3.27. The maximum atomic E-state index is 5.85. The monoisotopic (exact) mass is 359 g/mol. The van der Waals surface area contributed by atoms with Crippen LogP contribution in [0.3, 0.4) is 0 Å². The Balaban J connectivity index is 1.70. The Hall–Kier alpha value is -1.57. The van der Waals surface area contributed by atoms with E-state index >= 15 is 0 Å². The summed E-state index contributed by atoms with van der Waals surface area (Å²) in [5.41, 5.74) is 1.04. The van der Waals surface area contributed by atoms with Crippen LogP contribution in [0.5, 0.6) is 0 Å². The van der Waals surface area contributed by atoms with Gasteiger partial charge in [0, 0.05) is 37.1 Å². The Morgan fingerprint density at radius 2 is 1.96 bits per heavy atom. The Morgan fingerprint density at radius 1 is 1.16 bits per heavy atom. The van der Waals surface area contributed by atoms with Crippen molar-refractivity contribution in [2.75, 3.05) is 26.3 Å². The van der Waals surface area contributed by atoms with Gasteiger partial charge in [0.1, 0.15) is 0 Å². The zero-order valence-corrected chi connectivity index (χ0v) is 15.3. The largest absolute Gasteiger partial charge is 0.379 e. The molecular weight excluding hydrogens is 334 g/mol. The van der Waals surface area contributed by atoms with Crippen molar-refractivity contribution in [2.24, 2.45) is 0 Å². The van der Waals surface area contributed by atoms with E-state index in [1.54, 1.807) is 6.20 Å². The Labute approximate surface area is 153 Å². The Morgan fingerprint density at radius 3 is 2.68 bits per heavy atom. The molecule has 134 valence electrons. The van der Waals surface area contributed by atoms with E-state index in [1.165, 1.54) is 32.1 Å². The van der Waals surface area contributed by atoms with Crippen molar-refractivity contribution in [1.29, 1.82) is 0 Å². The van der Waals surface area contributed by atoms with Gasteiger partial charge in [0.05, 0.1) is 19.9 Å². The van der Waals surface area contributed by atoms with Crippen molar-refractivity contribution in [3.05, 3.63) is 29.3 Å². The molecule has 0 spiro atoms. The smallest absolute Gasteiger partial charge is 0.199 e. The molecule has 0 unspecified atom stereocenters. The molecule has 0 aromatic carbocycles. The molecule has 0 radical (unpaired) electrons. The molecule has 0 amide bonds. The summed E-state index contributed by atoms with van der Waals surface area (Å²) < 4.78 is 10.5. The molecule has 1 aliphatic heterocycles. The van der Waals surface area contributed by atoms with Crippen LogP contribution >= 0.6 is 12.2 Å². The van der Waals surface area contributed by atoms with Crippen LogP contribution in [0.2, 0.25) is 0 Å². The minimum atomic E-state index is 0.454. The lowest BCUT2D eigenvalue weighted by molar-refractivity contribution is 0.0209. The average Bonchev–Trinajstić information content (AvgIpc) is 3.00. The summed E-state index contributed by atoms with van der Waals surface area (Å²) in [6.45, 7) is 4.16. The summed E-state index contributed by atoms with van der Waals surface area (Å²) in [5.74, 6) is 0.957. The highest BCUT2D eigenvalue weighted by Crippen LogP contribution is 2.32. The molecule has 1 saturated heterocycles. The summed E-state index contributed by atoms with van der Waals surface area (Å²) in [6.07, 6.45) is 9.92. The molecule has 0 N–H and O–H groups in total. The van der Waals surface area contributed by atoms with Crippen LogP contribution < -0.4 is 0 Å². The van der Waals surface area contributed by atoms with E-state index in [1.807, 2.05) is 16.9 Å². The molecule has 3 heterocycles. The van der Waals surface area contributed by atoms with Crippen molar-refractivity contribution in [2.45, 2.75) is 44.8 Å². The highest BCUT2D eigenvalue weighted by Gasteiger charge is 2.23. The predicted molar refractivity (Wildman–Crippen MR) is 98.8 cm³/mol. The molecule has 25 heavy (non-hydrogen) atoms. The second-order valence-electron chi connectivity index (χ2n) is 6.88. The zero-order valence-electron chi connectivity index (χ0n) is 14.5. The number of hydrogen-bond donors (Lipinski definition) is 0. The van der Waals surface area contributed by atoms with Gasteiger partial charge >= 0.3 is 0 Å². The topological polar surface area (TPSA) is 48.1 Å². The van der Waals surface area contributed by atoms with Gasteiger partial charge in [-0.3, -0.25) is 14.5 Å². The molecule has 1 aliphatic carbocycles. The standard InChI is InChI=1S/C18H25N5OS/c25-18-22(14-21-9-11-24-12-10-21)20-17(15-5-4-8-19-13-15)23(18)16-6-2-1-3-7-16/h4-5,8,13,16H,1-3,6-7,9-12,14H2. The SMILES string of the molecule is S=c1n(CN2CCOCC2)nc(-c2cccnc2)n1C1CCCCC1. The van der Waals surface area contributed by atoms with Gasteiger partial charge in [0.2, 0.25) is 0 Å². The summed E-state index contributed by atoms with van der Waals surface area (Å²) in [4.78, 5) is 6.63. The molecule has 4 rings (SSSR count). The summed E-state index contributed by atoms with van der Waals surface area (Å²) >= 11 is 5.85. The number of ether oxygens (including phenoxy) is 1. The van der Waals surface area contributed by atoms with Gasteiger partial charge in [-0.1, -0.05) is 19.3 Å². The number of pyridine rings is 1. The third-order valence-corrected chi connectivity index (χ3v) is 5.58. The van der Waals surface area contributed by atoms with E-state index in [0.717, 1.165) is 49.1 Å². The fourth-order valence-corrected chi connectivity index (χ4v) is 4.14. The average molecular weight is 359 g/mol. The quantitative estimate of drug-likeness (QED) is 0.784. The van der Waals surface area contributed by atoms with Crippen molar-refractivity contribution in [3.8, 4) is 11.4 Å². The number of morpholine rings is 1. The lowest BCUT2D eigenvalue weighted by Gasteiger charge is -2.26. The normalized spacial score (nSPS) is 20.0. The lowest BCUT2D eigenvalue weighted by Crippen LogP contribution is -2.37. The van der Waals surface area contributed by atoms with Crippen molar-refractivity contribution in [1.82, 2.24) is 24.2 Å². The fraction of sp³-hybridized carbons (Fsp3) is 0.611. The molecule has 2 aromatic heterocycles. The molecule has 2 aliphatic rings. The van der Waals surface area contributed by atoms with Gasteiger partial charge in [0.25, 0.3) is 0 Å². The lowest BCUT2D eigenvalue weighted by atomic mass is 9.95. The van der Waals surface area contributed by atoms with Gasteiger partial charge in [0.15, 0.2) is 10.6 Å². The van der Waals surface area contributed by atoms with Crippen LogP contribution in [0.25, 0.3) is 11.4 Å². The number of aromatic nitrogens is 4. The van der Waals surface area contributed by atoms with E-state index in [-0.39, 0.29) is 0 Å². The summed E-state index contributed by atoms with van der Waals surface area (Å²) in [5, 5.41) is 4.90. The van der Waals surface area contributed by atoms with Gasteiger partial charge in [-0.25, -0.2) is 4.68 Å². The third kappa shape index (κ3) is 3.68. The maximum Gasteiger partial charge on any atom is 0.199 e. The van der Waals surface area contributed by atoms with Crippen LogP contribution in [-0.2, 0) is 11.4 Å². The van der Waals surface area contributed by atoms with Gasteiger partial charge in [-0.2, -0.15) is 5.10 Å². The van der Waals surface area contributed by atoms with E-state index in [2.05, 4.69) is 20.5 Å². The Kier molecular flexibility index (Phi) is 5.24. The van der Waals surface area contributed by atoms with Crippen LogP contribution in [0, 0.1) is 4.77 Å². The molecule has 0 bridgehead atoms. The second kappa shape index (κ2) is 7.76. The maximum absolute atomic E-state index is 5.85. The minimum Gasteiger partial charge on any atom is -0.379 e. The number of hydrogen-bond acceptors (Lipinski definition) is 5. The second-order valence-corrected chi connectivity index (χ2v) is 7.25. The summed E-state index contributed by atoms with van der Waals surface area (Å²) in [6, 6.07) is 4.49. The van der Waals surface area contributed by atoms with Gasteiger partial charge < -0.3 is 4.74 Å². The first-order chi connectivity index (χ1) is 12.3. The molecule has 6 nitrogen and oxygen atoms in total. The van der Waals surface area contributed by atoms with E-state index in [0.29, 0.717) is 6.04 Å². The molecule has 7 heteroatoms. The zero-order chi connectivity index (χ0) is 17.1. The molecule has 1 saturated carbocycles. The third-order valence-electron chi connectivity index (χ3n) is 5.17. The van der Waals surface area contributed by atoms with E-state index in [9.17, 15) is 0 Å². The first-order valence-electron chi connectivity index (χ1n) is 9.23. The van der Waals surface area contributed by atoms with Crippen LogP contribution in [0.4, 0.5) is 0 Å². The van der Waals surface area contributed by atoms with Crippen molar-refractivity contribution in [3.63, 3.8) is 0 Å². The first kappa shape index (κ1) is 16.9. The van der Waals surface area contributed by atoms with Crippen LogP contribution in [-0.4, -0.2) is 50.5 Å².